The van der Waals surface area contributed by atoms with Crippen LogP contribution >= 0.6 is 0 Å². The molecule has 0 unspecified atom stereocenters. The van der Waals surface area contributed by atoms with Gasteiger partial charge in [0.15, 0.2) is 0 Å². The highest BCUT2D eigenvalue weighted by molar-refractivity contribution is 7.89. The number of ether oxygens (including phenoxy) is 2. The highest BCUT2D eigenvalue weighted by Gasteiger charge is 2.31. The Morgan fingerprint density at radius 1 is 1.22 bits per heavy atom. The van der Waals surface area contributed by atoms with Gasteiger partial charge in [0.2, 0.25) is 10.0 Å². The number of aromatic nitrogens is 2. The molecule has 1 atom stereocenters. The molecule has 1 aliphatic rings. The SMILES string of the molecule is COC(=O)Nc1ccc(S(=O)(=O)N2CCC[C@H](Oc3ncccn3)C2)cc1. The summed E-state index contributed by atoms with van der Waals surface area (Å²) in [6, 6.07) is 7.85. The Morgan fingerprint density at radius 3 is 2.59 bits per heavy atom. The number of amides is 1. The molecule has 1 saturated heterocycles. The number of nitrogens with one attached hydrogen (secondary N) is 1. The lowest BCUT2D eigenvalue weighted by molar-refractivity contribution is 0.119. The molecule has 0 spiro atoms. The number of rotatable bonds is 5. The fourth-order valence-corrected chi connectivity index (χ4v) is 4.25. The van der Waals surface area contributed by atoms with Crippen molar-refractivity contribution in [2.75, 3.05) is 25.5 Å². The lowest BCUT2D eigenvalue weighted by Gasteiger charge is -2.31. The number of benzene rings is 1. The molecule has 2 heterocycles. The van der Waals surface area contributed by atoms with Gasteiger partial charge in [0.25, 0.3) is 0 Å². The Bertz CT molecular complexity index is 874. The third-order valence-electron chi connectivity index (χ3n) is 4.08. The first kappa shape index (κ1) is 19.1. The molecule has 9 nitrogen and oxygen atoms in total. The summed E-state index contributed by atoms with van der Waals surface area (Å²) in [5.41, 5.74) is 0.446. The van der Waals surface area contributed by atoms with Crippen LogP contribution in [0.1, 0.15) is 12.8 Å². The molecule has 10 heteroatoms. The van der Waals surface area contributed by atoms with Gasteiger partial charge in [0.1, 0.15) is 6.10 Å². The molecule has 0 bridgehead atoms. The number of nitrogens with zero attached hydrogens (tertiary/aromatic N) is 3. The molecule has 3 rings (SSSR count). The zero-order valence-electron chi connectivity index (χ0n) is 14.7. The number of carbonyl (C=O) groups excluding carboxylic acids is 1. The summed E-state index contributed by atoms with van der Waals surface area (Å²) in [7, 11) is -2.42. The average Bonchev–Trinajstić information content (AvgIpc) is 2.69. The number of piperidine rings is 1. The van der Waals surface area contributed by atoms with E-state index in [0.29, 0.717) is 18.7 Å². The largest absolute Gasteiger partial charge is 0.459 e. The van der Waals surface area contributed by atoms with Crippen LogP contribution in [0.4, 0.5) is 10.5 Å². The quantitative estimate of drug-likeness (QED) is 0.827. The van der Waals surface area contributed by atoms with Crippen molar-refractivity contribution in [1.82, 2.24) is 14.3 Å². The number of hydrogen-bond donors (Lipinski definition) is 1. The van der Waals surface area contributed by atoms with Crippen LogP contribution in [0.5, 0.6) is 6.01 Å². The van der Waals surface area contributed by atoms with E-state index >= 15 is 0 Å². The minimum Gasteiger partial charge on any atom is -0.459 e. The van der Waals surface area contributed by atoms with Crippen LogP contribution in [0.3, 0.4) is 0 Å². The van der Waals surface area contributed by atoms with Crippen LogP contribution < -0.4 is 10.1 Å². The van der Waals surface area contributed by atoms with Crippen LogP contribution in [-0.2, 0) is 14.8 Å². The summed E-state index contributed by atoms with van der Waals surface area (Å²) in [5, 5.41) is 2.48. The monoisotopic (exact) mass is 392 g/mol. The Hall–Kier alpha value is -2.72. The molecule has 0 radical (unpaired) electrons. The molecule has 27 heavy (non-hydrogen) atoms. The fourth-order valence-electron chi connectivity index (χ4n) is 2.74. The van der Waals surface area contributed by atoms with Crippen LogP contribution in [-0.4, -0.2) is 55.1 Å². The number of carbonyl (C=O) groups is 1. The van der Waals surface area contributed by atoms with Crippen LogP contribution in [0.2, 0.25) is 0 Å². The van der Waals surface area contributed by atoms with E-state index in [9.17, 15) is 13.2 Å². The van der Waals surface area contributed by atoms with Gasteiger partial charge >= 0.3 is 12.1 Å². The molecule has 2 aromatic rings. The van der Waals surface area contributed by atoms with E-state index in [0.717, 1.165) is 6.42 Å². The van der Waals surface area contributed by atoms with E-state index in [4.69, 9.17) is 4.74 Å². The van der Waals surface area contributed by atoms with Crippen molar-refractivity contribution in [2.24, 2.45) is 0 Å². The van der Waals surface area contributed by atoms with Gasteiger partial charge in [-0.2, -0.15) is 4.31 Å². The van der Waals surface area contributed by atoms with E-state index in [-0.39, 0.29) is 23.6 Å². The molecule has 144 valence electrons. The van der Waals surface area contributed by atoms with Gasteiger partial charge in [0.05, 0.1) is 18.6 Å². The third kappa shape index (κ3) is 4.72. The van der Waals surface area contributed by atoms with Gasteiger partial charge in [-0.25, -0.2) is 23.2 Å². The van der Waals surface area contributed by atoms with Crippen molar-refractivity contribution < 1.29 is 22.7 Å². The Morgan fingerprint density at radius 2 is 1.93 bits per heavy atom. The minimum atomic E-state index is -3.67. The maximum Gasteiger partial charge on any atom is 0.411 e. The molecule has 1 N–H and O–H groups in total. The Balaban J connectivity index is 1.69. The van der Waals surface area contributed by atoms with E-state index in [2.05, 4.69) is 20.0 Å². The number of methoxy groups -OCH3 is 1. The maximum atomic E-state index is 12.9. The smallest absolute Gasteiger partial charge is 0.411 e. The van der Waals surface area contributed by atoms with Gasteiger partial charge in [-0.3, -0.25) is 5.32 Å². The molecule has 1 aromatic heterocycles. The predicted molar refractivity (Wildman–Crippen MR) is 96.9 cm³/mol. The van der Waals surface area contributed by atoms with Crippen LogP contribution in [0.25, 0.3) is 0 Å². The van der Waals surface area contributed by atoms with E-state index in [1.165, 1.54) is 35.7 Å². The van der Waals surface area contributed by atoms with Crippen molar-refractivity contribution in [3.63, 3.8) is 0 Å². The van der Waals surface area contributed by atoms with Crippen molar-refractivity contribution in [3.05, 3.63) is 42.7 Å². The highest BCUT2D eigenvalue weighted by Crippen LogP contribution is 2.23. The Labute approximate surface area is 157 Å². The highest BCUT2D eigenvalue weighted by atomic mass is 32.2. The average molecular weight is 392 g/mol. The standard InChI is InChI=1S/C17H20N4O5S/c1-25-17(22)20-13-5-7-15(8-6-13)27(23,24)21-11-2-4-14(12-21)26-16-18-9-3-10-19-16/h3,5-10,14H,2,4,11-12H2,1H3,(H,20,22)/t14-/m0/s1. The van der Waals surface area contributed by atoms with Gasteiger partial charge in [0, 0.05) is 24.6 Å². The minimum absolute atomic E-state index is 0.148. The first-order chi connectivity index (χ1) is 13.0. The molecule has 1 fully saturated rings. The summed E-state index contributed by atoms with van der Waals surface area (Å²) >= 11 is 0. The second-order valence-corrected chi connectivity index (χ2v) is 7.86. The van der Waals surface area contributed by atoms with E-state index in [1.54, 1.807) is 18.5 Å². The van der Waals surface area contributed by atoms with Gasteiger partial charge in [-0.1, -0.05) is 0 Å². The van der Waals surface area contributed by atoms with Crippen molar-refractivity contribution in [2.45, 2.75) is 23.8 Å². The summed E-state index contributed by atoms with van der Waals surface area (Å²) in [5.74, 6) is 0. The van der Waals surface area contributed by atoms with Crippen LogP contribution in [0, 0.1) is 0 Å². The van der Waals surface area contributed by atoms with Crippen molar-refractivity contribution in [1.29, 1.82) is 0 Å². The number of sulfonamides is 1. The van der Waals surface area contributed by atoms with Gasteiger partial charge in [-0.15, -0.1) is 0 Å². The molecule has 0 saturated carbocycles. The normalized spacial score (nSPS) is 17.9. The number of hydrogen-bond acceptors (Lipinski definition) is 7. The molecule has 1 aromatic carbocycles. The second kappa shape index (κ2) is 8.31. The first-order valence-corrected chi connectivity index (χ1v) is 9.82. The first-order valence-electron chi connectivity index (χ1n) is 8.38. The number of anilines is 1. The van der Waals surface area contributed by atoms with Gasteiger partial charge in [-0.05, 0) is 43.2 Å². The fraction of sp³-hybridized carbons (Fsp3) is 0.353. The molecular formula is C17H20N4O5S. The summed E-state index contributed by atoms with van der Waals surface area (Å²) in [6.45, 7) is 0.642. The zero-order valence-corrected chi connectivity index (χ0v) is 15.6. The second-order valence-electron chi connectivity index (χ2n) is 5.92. The molecule has 1 aliphatic heterocycles. The zero-order chi connectivity index (χ0) is 19.3. The molecule has 1 amide bonds. The molecular weight excluding hydrogens is 372 g/mol. The summed E-state index contributed by atoms with van der Waals surface area (Å²) in [4.78, 5) is 19.4. The topological polar surface area (TPSA) is 111 Å². The van der Waals surface area contributed by atoms with E-state index in [1.807, 2.05) is 0 Å². The van der Waals surface area contributed by atoms with Crippen molar-refractivity contribution >= 4 is 21.8 Å². The van der Waals surface area contributed by atoms with E-state index < -0.39 is 16.1 Å². The predicted octanol–water partition coefficient (Wildman–Crippen LogP) is 1.89. The van der Waals surface area contributed by atoms with Crippen molar-refractivity contribution in [3.8, 4) is 6.01 Å². The lowest BCUT2D eigenvalue weighted by atomic mass is 10.1. The lowest BCUT2D eigenvalue weighted by Crippen LogP contribution is -2.44. The molecule has 0 aliphatic carbocycles. The van der Waals surface area contributed by atoms with Crippen LogP contribution in [0.15, 0.2) is 47.6 Å². The third-order valence-corrected chi connectivity index (χ3v) is 5.96. The van der Waals surface area contributed by atoms with Gasteiger partial charge < -0.3 is 9.47 Å². The summed E-state index contributed by atoms with van der Waals surface area (Å²) in [6.07, 6.45) is 3.62. The maximum absolute atomic E-state index is 12.9. The summed E-state index contributed by atoms with van der Waals surface area (Å²) < 4.78 is 37.4. The Kier molecular flexibility index (Phi) is 5.87.